The number of aliphatic hydroxyl groups is 1. The van der Waals surface area contributed by atoms with E-state index in [1.54, 1.807) is 12.1 Å². The summed E-state index contributed by atoms with van der Waals surface area (Å²) in [5, 5.41) is 10.1. The Kier molecular flexibility index (Phi) is 3.78. The predicted octanol–water partition coefficient (Wildman–Crippen LogP) is 4.12. The van der Waals surface area contributed by atoms with E-state index in [2.05, 4.69) is 15.9 Å². The summed E-state index contributed by atoms with van der Waals surface area (Å²) in [5.41, 5.74) is 1.38. The van der Waals surface area contributed by atoms with Crippen LogP contribution in [-0.2, 0) is 0 Å². The second-order valence-corrected chi connectivity index (χ2v) is 5.02. The van der Waals surface area contributed by atoms with Crippen molar-refractivity contribution < 1.29 is 13.9 Å². The Morgan fingerprint density at radius 3 is 2.56 bits per heavy atom. The van der Waals surface area contributed by atoms with Crippen LogP contribution in [0.4, 0.5) is 8.78 Å². The van der Waals surface area contributed by atoms with Crippen LogP contribution in [0, 0.1) is 18.6 Å². The highest BCUT2D eigenvalue weighted by Crippen LogP contribution is 2.28. The second-order valence-electron chi connectivity index (χ2n) is 4.11. The zero-order valence-electron chi connectivity index (χ0n) is 9.62. The van der Waals surface area contributed by atoms with Crippen molar-refractivity contribution >= 4 is 15.9 Å². The first-order chi connectivity index (χ1) is 8.49. The number of hydrogen-bond donors (Lipinski definition) is 1. The maximum atomic E-state index is 13.6. The fourth-order valence-electron chi connectivity index (χ4n) is 1.83. The van der Waals surface area contributed by atoms with E-state index in [0.717, 1.165) is 16.1 Å². The number of benzene rings is 2. The Labute approximate surface area is 112 Å². The van der Waals surface area contributed by atoms with Crippen LogP contribution in [0.25, 0.3) is 0 Å². The molecule has 2 aromatic rings. The lowest BCUT2D eigenvalue weighted by Gasteiger charge is -2.14. The average Bonchev–Trinajstić information content (AvgIpc) is 2.30. The predicted molar refractivity (Wildman–Crippen MR) is 69.3 cm³/mol. The van der Waals surface area contributed by atoms with Crippen LogP contribution in [0.2, 0.25) is 0 Å². The first-order valence-corrected chi connectivity index (χ1v) is 6.17. The van der Waals surface area contributed by atoms with Crippen LogP contribution in [0.3, 0.4) is 0 Å². The van der Waals surface area contributed by atoms with E-state index in [0.29, 0.717) is 5.56 Å². The molecule has 1 atom stereocenters. The highest BCUT2D eigenvalue weighted by Gasteiger charge is 2.18. The number of aryl methyl sites for hydroxylation is 1. The highest BCUT2D eigenvalue weighted by molar-refractivity contribution is 9.10. The van der Waals surface area contributed by atoms with Gasteiger partial charge in [-0.2, -0.15) is 0 Å². The first-order valence-electron chi connectivity index (χ1n) is 5.38. The molecule has 0 radical (unpaired) electrons. The Morgan fingerprint density at radius 1 is 1.17 bits per heavy atom. The van der Waals surface area contributed by atoms with Gasteiger partial charge in [0.15, 0.2) is 11.6 Å². The summed E-state index contributed by atoms with van der Waals surface area (Å²) < 4.78 is 27.5. The Bertz CT molecular complexity index is 564. The number of rotatable bonds is 2. The third-order valence-corrected chi connectivity index (χ3v) is 3.11. The van der Waals surface area contributed by atoms with Crippen molar-refractivity contribution in [1.29, 1.82) is 0 Å². The minimum Gasteiger partial charge on any atom is -0.384 e. The fourth-order valence-corrected chi connectivity index (χ4v) is 2.46. The van der Waals surface area contributed by atoms with Gasteiger partial charge in [-0.3, -0.25) is 0 Å². The third kappa shape index (κ3) is 2.60. The summed E-state index contributed by atoms with van der Waals surface area (Å²) in [4.78, 5) is 0. The van der Waals surface area contributed by atoms with E-state index in [4.69, 9.17) is 0 Å². The van der Waals surface area contributed by atoms with Crippen LogP contribution in [-0.4, -0.2) is 5.11 Å². The van der Waals surface area contributed by atoms with Gasteiger partial charge >= 0.3 is 0 Å². The average molecular weight is 313 g/mol. The van der Waals surface area contributed by atoms with E-state index in [-0.39, 0.29) is 5.56 Å². The van der Waals surface area contributed by atoms with E-state index >= 15 is 0 Å². The van der Waals surface area contributed by atoms with Crippen LogP contribution in [0.5, 0.6) is 0 Å². The molecule has 2 aromatic carbocycles. The van der Waals surface area contributed by atoms with Crippen molar-refractivity contribution in [2.24, 2.45) is 0 Å². The molecule has 1 nitrogen and oxygen atoms in total. The van der Waals surface area contributed by atoms with Gasteiger partial charge in [0.1, 0.15) is 6.10 Å². The van der Waals surface area contributed by atoms with Crippen molar-refractivity contribution in [3.05, 3.63) is 69.2 Å². The maximum absolute atomic E-state index is 13.6. The molecule has 1 N–H and O–H groups in total. The van der Waals surface area contributed by atoms with Crippen LogP contribution < -0.4 is 0 Å². The standard InChI is InChI=1S/C14H11BrF2O/c1-8-5-9(7-10(15)6-8)14(18)11-3-2-4-12(16)13(11)17/h2-7,14,18H,1H3. The minimum atomic E-state index is -1.18. The Balaban J connectivity index is 2.47. The second kappa shape index (κ2) is 5.16. The lowest BCUT2D eigenvalue weighted by atomic mass is 9.99. The summed E-state index contributed by atoms with van der Waals surface area (Å²) in [6, 6.07) is 9.07. The van der Waals surface area contributed by atoms with Crippen molar-refractivity contribution in [2.45, 2.75) is 13.0 Å². The minimum absolute atomic E-state index is 0.0625. The molecule has 0 aliphatic carbocycles. The van der Waals surface area contributed by atoms with E-state index in [1.807, 2.05) is 13.0 Å². The molecule has 0 saturated carbocycles. The molecule has 0 aromatic heterocycles. The van der Waals surface area contributed by atoms with Gasteiger partial charge in [-0.15, -0.1) is 0 Å². The van der Waals surface area contributed by atoms with Gasteiger partial charge in [0.2, 0.25) is 0 Å². The lowest BCUT2D eigenvalue weighted by molar-refractivity contribution is 0.213. The molecule has 0 aliphatic heterocycles. The molecule has 0 aliphatic rings. The first kappa shape index (κ1) is 13.2. The zero-order valence-corrected chi connectivity index (χ0v) is 11.2. The number of hydrogen-bond acceptors (Lipinski definition) is 1. The van der Waals surface area contributed by atoms with Crippen LogP contribution >= 0.6 is 15.9 Å². The van der Waals surface area contributed by atoms with Gasteiger partial charge in [-0.25, -0.2) is 8.78 Å². The van der Waals surface area contributed by atoms with Crippen molar-refractivity contribution in [1.82, 2.24) is 0 Å². The molecule has 2 rings (SSSR count). The van der Waals surface area contributed by atoms with Crippen molar-refractivity contribution in [3.63, 3.8) is 0 Å². The van der Waals surface area contributed by atoms with Crippen LogP contribution in [0.1, 0.15) is 22.8 Å². The Hall–Kier alpha value is -1.26. The zero-order chi connectivity index (χ0) is 13.3. The van der Waals surface area contributed by atoms with Gasteiger partial charge in [-0.05, 0) is 36.2 Å². The number of aliphatic hydroxyl groups excluding tert-OH is 1. The molecule has 0 heterocycles. The molecule has 0 fully saturated rings. The molecule has 0 spiro atoms. The molecule has 0 saturated heterocycles. The van der Waals surface area contributed by atoms with E-state index < -0.39 is 17.7 Å². The lowest BCUT2D eigenvalue weighted by Crippen LogP contribution is -2.04. The topological polar surface area (TPSA) is 20.2 Å². The molecule has 18 heavy (non-hydrogen) atoms. The molecule has 0 amide bonds. The van der Waals surface area contributed by atoms with Crippen molar-refractivity contribution in [2.75, 3.05) is 0 Å². The molecular weight excluding hydrogens is 302 g/mol. The third-order valence-electron chi connectivity index (χ3n) is 2.66. The van der Waals surface area contributed by atoms with Gasteiger partial charge < -0.3 is 5.11 Å². The molecule has 4 heteroatoms. The molecular formula is C14H11BrF2O. The SMILES string of the molecule is Cc1cc(Br)cc(C(O)c2cccc(F)c2F)c1. The summed E-state index contributed by atoms with van der Waals surface area (Å²) in [7, 11) is 0. The van der Waals surface area contributed by atoms with Gasteiger partial charge in [-0.1, -0.05) is 34.1 Å². The monoisotopic (exact) mass is 312 g/mol. The Morgan fingerprint density at radius 2 is 1.89 bits per heavy atom. The quantitative estimate of drug-likeness (QED) is 0.884. The molecule has 0 bridgehead atoms. The smallest absolute Gasteiger partial charge is 0.164 e. The normalized spacial score (nSPS) is 12.5. The summed E-state index contributed by atoms with van der Waals surface area (Å²) in [5.74, 6) is -1.97. The van der Waals surface area contributed by atoms with Crippen molar-refractivity contribution in [3.8, 4) is 0 Å². The largest absolute Gasteiger partial charge is 0.384 e. The van der Waals surface area contributed by atoms with E-state index in [1.165, 1.54) is 12.1 Å². The summed E-state index contributed by atoms with van der Waals surface area (Å²) in [6.45, 7) is 1.86. The summed E-state index contributed by atoms with van der Waals surface area (Å²) in [6.07, 6.45) is -1.18. The number of halogens is 3. The highest BCUT2D eigenvalue weighted by atomic mass is 79.9. The van der Waals surface area contributed by atoms with Gasteiger partial charge in [0.25, 0.3) is 0 Å². The molecule has 1 unspecified atom stereocenters. The summed E-state index contributed by atoms with van der Waals surface area (Å²) >= 11 is 3.31. The maximum Gasteiger partial charge on any atom is 0.164 e. The fraction of sp³-hybridized carbons (Fsp3) is 0.143. The van der Waals surface area contributed by atoms with Crippen LogP contribution in [0.15, 0.2) is 40.9 Å². The van der Waals surface area contributed by atoms with Gasteiger partial charge in [0.05, 0.1) is 0 Å². The van der Waals surface area contributed by atoms with E-state index in [9.17, 15) is 13.9 Å². The molecule has 94 valence electrons. The van der Waals surface area contributed by atoms with Gasteiger partial charge in [0, 0.05) is 10.0 Å².